The topological polar surface area (TPSA) is 12.5 Å². The fourth-order valence-electron chi connectivity index (χ4n) is 2.50. The number of rotatable bonds is 6. The van der Waals surface area contributed by atoms with Crippen molar-refractivity contribution in [2.75, 3.05) is 27.2 Å². The Bertz CT molecular complexity index is 590. The summed E-state index contributed by atoms with van der Waals surface area (Å²) in [6.07, 6.45) is 1.04. The van der Waals surface area contributed by atoms with E-state index in [2.05, 4.69) is 75.3 Å². The van der Waals surface area contributed by atoms with Gasteiger partial charge in [-0.1, -0.05) is 36.4 Å². The van der Waals surface area contributed by atoms with Crippen LogP contribution in [0, 0.1) is 13.8 Å². The Kier molecular flexibility index (Phi) is 5.40. The number of ether oxygens (including phenoxy) is 1. The third-order valence-corrected chi connectivity index (χ3v) is 3.73. The van der Waals surface area contributed by atoms with Crippen LogP contribution in [0.15, 0.2) is 42.5 Å². The van der Waals surface area contributed by atoms with Gasteiger partial charge in [0.05, 0.1) is 6.61 Å². The number of hydrogen-bond acceptors (Lipinski definition) is 2. The molecule has 0 unspecified atom stereocenters. The zero-order valence-electron chi connectivity index (χ0n) is 13.5. The molecule has 0 aliphatic carbocycles. The van der Waals surface area contributed by atoms with Gasteiger partial charge in [0, 0.05) is 6.54 Å². The van der Waals surface area contributed by atoms with Gasteiger partial charge >= 0.3 is 0 Å². The Morgan fingerprint density at radius 3 is 2.33 bits per heavy atom. The highest BCUT2D eigenvalue weighted by Crippen LogP contribution is 2.31. The van der Waals surface area contributed by atoms with Crippen LogP contribution in [0.4, 0.5) is 0 Å². The first-order chi connectivity index (χ1) is 10.1. The smallest absolute Gasteiger partial charge is 0.122 e. The molecule has 0 aliphatic heterocycles. The second kappa shape index (κ2) is 7.28. The molecule has 0 N–H and O–H groups in total. The maximum Gasteiger partial charge on any atom is 0.122 e. The Morgan fingerprint density at radius 2 is 1.62 bits per heavy atom. The van der Waals surface area contributed by atoms with Gasteiger partial charge in [-0.25, -0.2) is 0 Å². The normalized spacial score (nSPS) is 10.9. The second-order valence-electron chi connectivity index (χ2n) is 5.75. The maximum atomic E-state index is 5.96. The maximum absolute atomic E-state index is 5.96. The Morgan fingerprint density at radius 1 is 0.905 bits per heavy atom. The van der Waals surface area contributed by atoms with Crippen molar-refractivity contribution < 1.29 is 4.74 Å². The lowest BCUT2D eigenvalue weighted by atomic mass is 9.96. The first-order valence-electron chi connectivity index (χ1n) is 7.52. The van der Waals surface area contributed by atoms with Gasteiger partial charge in [0.1, 0.15) is 5.75 Å². The lowest BCUT2D eigenvalue weighted by molar-refractivity contribution is 0.280. The predicted molar refractivity (Wildman–Crippen MR) is 90.0 cm³/mol. The highest BCUT2D eigenvalue weighted by molar-refractivity contribution is 5.72. The molecule has 0 saturated heterocycles. The van der Waals surface area contributed by atoms with Crippen LogP contribution < -0.4 is 4.74 Å². The van der Waals surface area contributed by atoms with E-state index in [4.69, 9.17) is 4.74 Å². The fourth-order valence-corrected chi connectivity index (χ4v) is 2.50. The molecule has 0 heterocycles. The van der Waals surface area contributed by atoms with Crippen molar-refractivity contribution in [1.82, 2.24) is 4.90 Å². The minimum atomic E-state index is 0.760. The molecular weight excluding hydrogens is 258 g/mol. The number of benzene rings is 2. The Balaban J connectivity index is 2.15. The van der Waals surface area contributed by atoms with E-state index in [0.29, 0.717) is 0 Å². The van der Waals surface area contributed by atoms with Crippen molar-refractivity contribution in [3.63, 3.8) is 0 Å². The summed E-state index contributed by atoms with van der Waals surface area (Å²) in [6, 6.07) is 14.8. The molecule has 0 atom stereocenters. The van der Waals surface area contributed by atoms with E-state index in [0.717, 1.165) is 25.3 Å². The predicted octanol–water partition coefficient (Wildman–Crippen LogP) is 4.30. The van der Waals surface area contributed by atoms with Crippen LogP contribution >= 0.6 is 0 Å². The van der Waals surface area contributed by atoms with Gasteiger partial charge in [-0.2, -0.15) is 0 Å². The Hall–Kier alpha value is -1.80. The Labute approximate surface area is 128 Å². The van der Waals surface area contributed by atoms with Crippen molar-refractivity contribution in [2.24, 2.45) is 0 Å². The molecule has 0 fully saturated rings. The summed E-state index contributed by atoms with van der Waals surface area (Å²) in [5.41, 5.74) is 5.06. The number of aryl methyl sites for hydroxylation is 1. The molecule has 0 radical (unpaired) electrons. The van der Waals surface area contributed by atoms with Crippen LogP contribution in [0.5, 0.6) is 5.75 Å². The van der Waals surface area contributed by atoms with Crippen LogP contribution in [0.3, 0.4) is 0 Å². The van der Waals surface area contributed by atoms with Gasteiger partial charge < -0.3 is 9.64 Å². The summed E-state index contributed by atoms with van der Waals surface area (Å²) >= 11 is 0. The minimum absolute atomic E-state index is 0.760. The summed E-state index contributed by atoms with van der Waals surface area (Å²) in [5.74, 6) is 0.995. The molecule has 0 saturated carbocycles. The second-order valence-corrected chi connectivity index (χ2v) is 5.75. The van der Waals surface area contributed by atoms with Gasteiger partial charge in [-0.15, -0.1) is 0 Å². The number of hydrogen-bond donors (Lipinski definition) is 0. The van der Waals surface area contributed by atoms with Crippen LogP contribution in [-0.4, -0.2) is 32.1 Å². The quantitative estimate of drug-likeness (QED) is 0.733. The molecule has 0 aromatic heterocycles. The van der Waals surface area contributed by atoms with E-state index >= 15 is 0 Å². The van der Waals surface area contributed by atoms with Crippen LogP contribution in [0.1, 0.15) is 17.5 Å². The van der Waals surface area contributed by atoms with Crippen molar-refractivity contribution in [2.45, 2.75) is 20.3 Å². The molecule has 2 heteroatoms. The third-order valence-electron chi connectivity index (χ3n) is 3.73. The monoisotopic (exact) mass is 283 g/mol. The average Bonchev–Trinajstić information content (AvgIpc) is 2.46. The van der Waals surface area contributed by atoms with Crippen LogP contribution in [0.25, 0.3) is 11.1 Å². The molecule has 112 valence electrons. The standard InChI is InChI=1S/C19H25NO/c1-15-9-5-6-10-17(15)18-11-7-12-19(16(18)2)21-14-8-13-20(3)4/h5-7,9-12H,8,13-14H2,1-4H3. The van der Waals surface area contributed by atoms with Crippen molar-refractivity contribution in [3.8, 4) is 16.9 Å². The van der Waals surface area contributed by atoms with Crippen molar-refractivity contribution in [3.05, 3.63) is 53.6 Å². The van der Waals surface area contributed by atoms with Crippen molar-refractivity contribution >= 4 is 0 Å². The molecule has 0 amide bonds. The van der Waals surface area contributed by atoms with Crippen LogP contribution in [-0.2, 0) is 0 Å². The minimum Gasteiger partial charge on any atom is -0.493 e. The lowest BCUT2D eigenvalue weighted by Crippen LogP contribution is -2.15. The largest absolute Gasteiger partial charge is 0.493 e. The zero-order chi connectivity index (χ0) is 15.2. The highest BCUT2D eigenvalue weighted by Gasteiger charge is 2.08. The third kappa shape index (κ3) is 4.08. The van der Waals surface area contributed by atoms with Crippen molar-refractivity contribution in [1.29, 1.82) is 0 Å². The van der Waals surface area contributed by atoms with Gasteiger partial charge in [0.2, 0.25) is 0 Å². The number of nitrogens with zero attached hydrogens (tertiary/aromatic N) is 1. The summed E-state index contributed by atoms with van der Waals surface area (Å²) in [4.78, 5) is 2.18. The zero-order valence-corrected chi connectivity index (χ0v) is 13.5. The summed E-state index contributed by atoms with van der Waals surface area (Å²) in [7, 11) is 4.17. The molecule has 2 nitrogen and oxygen atoms in total. The lowest BCUT2D eigenvalue weighted by Gasteiger charge is -2.15. The molecule has 2 rings (SSSR count). The first-order valence-corrected chi connectivity index (χ1v) is 7.52. The van der Waals surface area contributed by atoms with Gasteiger partial charge in [-0.3, -0.25) is 0 Å². The van der Waals surface area contributed by atoms with Gasteiger partial charge in [-0.05, 0) is 62.7 Å². The SMILES string of the molecule is Cc1ccccc1-c1cccc(OCCCN(C)C)c1C. The average molecular weight is 283 g/mol. The van der Waals surface area contributed by atoms with E-state index in [1.165, 1.54) is 22.3 Å². The molecule has 21 heavy (non-hydrogen) atoms. The van der Waals surface area contributed by atoms with Crippen LogP contribution in [0.2, 0.25) is 0 Å². The molecule has 0 spiro atoms. The first kappa shape index (κ1) is 15.6. The van der Waals surface area contributed by atoms with Gasteiger partial charge in [0.25, 0.3) is 0 Å². The molecule has 0 bridgehead atoms. The summed E-state index contributed by atoms with van der Waals surface area (Å²) in [5, 5.41) is 0. The molecular formula is C19H25NO. The van der Waals surface area contributed by atoms with E-state index in [1.54, 1.807) is 0 Å². The highest BCUT2D eigenvalue weighted by atomic mass is 16.5. The van der Waals surface area contributed by atoms with E-state index in [9.17, 15) is 0 Å². The van der Waals surface area contributed by atoms with Gasteiger partial charge in [0.15, 0.2) is 0 Å². The fraction of sp³-hybridized carbons (Fsp3) is 0.368. The van der Waals surface area contributed by atoms with E-state index in [-0.39, 0.29) is 0 Å². The summed E-state index contributed by atoms with van der Waals surface area (Å²) < 4.78 is 5.96. The van der Waals surface area contributed by atoms with E-state index < -0.39 is 0 Å². The molecule has 0 aliphatic rings. The molecule has 2 aromatic carbocycles. The van der Waals surface area contributed by atoms with E-state index in [1.807, 2.05) is 0 Å². The molecule has 2 aromatic rings. The summed E-state index contributed by atoms with van der Waals surface area (Å²) in [6.45, 7) is 6.11.